The van der Waals surface area contributed by atoms with E-state index in [1.807, 2.05) is 37.2 Å². The highest BCUT2D eigenvalue weighted by Gasteiger charge is 2.34. The summed E-state index contributed by atoms with van der Waals surface area (Å²) in [5.74, 6) is 0.990. The Bertz CT molecular complexity index is 1520. The van der Waals surface area contributed by atoms with E-state index in [1.165, 1.54) is 11.9 Å². The van der Waals surface area contributed by atoms with Gasteiger partial charge in [-0.15, -0.1) is 0 Å². The number of rotatable bonds is 5. The standard InChI is InChI=1S/C28H36N6O4S/c1-4-27(35)32-11-7-24-23(18-32)28(30-34(24)21-8-12-38-13-9-21)33-10-5-6-19-14-22(20-16-29-31(2)17-20)26(15-25(19)33)39(3,36)37/h14-17,21H,4-13,18H2,1-3H3. The first-order chi connectivity index (χ1) is 18.7. The summed E-state index contributed by atoms with van der Waals surface area (Å²) in [6.45, 7) is 5.29. The lowest BCUT2D eigenvalue weighted by Crippen LogP contribution is -2.37. The summed E-state index contributed by atoms with van der Waals surface area (Å²) in [6.07, 6.45) is 9.66. The first-order valence-electron chi connectivity index (χ1n) is 13.8. The monoisotopic (exact) mass is 552 g/mol. The number of hydrogen-bond donors (Lipinski definition) is 0. The van der Waals surface area contributed by atoms with Gasteiger partial charge in [0.1, 0.15) is 0 Å². The van der Waals surface area contributed by atoms with Gasteiger partial charge < -0.3 is 14.5 Å². The molecule has 0 saturated carbocycles. The van der Waals surface area contributed by atoms with Crippen molar-refractivity contribution in [3.8, 4) is 11.1 Å². The van der Waals surface area contributed by atoms with E-state index < -0.39 is 9.84 Å². The molecule has 0 atom stereocenters. The molecule has 1 saturated heterocycles. The van der Waals surface area contributed by atoms with Crippen LogP contribution in [0, 0.1) is 0 Å². The largest absolute Gasteiger partial charge is 0.381 e. The lowest BCUT2D eigenvalue weighted by atomic mass is 9.96. The molecule has 208 valence electrons. The van der Waals surface area contributed by atoms with Crippen LogP contribution >= 0.6 is 0 Å². The van der Waals surface area contributed by atoms with Gasteiger partial charge in [0, 0.05) is 86.7 Å². The average Bonchev–Trinajstić information content (AvgIpc) is 3.55. The lowest BCUT2D eigenvalue weighted by molar-refractivity contribution is -0.131. The number of anilines is 2. The van der Waals surface area contributed by atoms with Gasteiger partial charge in [0.2, 0.25) is 5.91 Å². The number of sulfone groups is 1. The molecule has 1 amide bonds. The molecule has 10 nitrogen and oxygen atoms in total. The lowest BCUT2D eigenvalue weighted by Gasteiger charge is -2.33. The number of amides is 1. The van der Waals surface area contributed by atoms with Gasteiger partial charge in [-0.1, -0.05) is 6.92 Å². The Hall–Kier alpha value is -3.18. The number of fused-ring (bicyclic) bond motifs is 2. The minimum atomic E-state index is -3.52. The molecule has 11 heteroatoms. The van der Waals surface area contributed by atoms with Gasteiger partial charge in [0.15, 0.2) is 15.7 Å². The molecule has 0 bridgehead atoms. The molecule has 0 aliphatic carbocycles. The first kappa shape index (κ1) is 26.1. The van der Waals surface area contributed by atoms with Crippen LogP contribution in [-0.2, 0) is 45.8 Å². The highest BCUT2D eigenvalue weighted by Crippen LogP contribution is 2.42. The van der Waals surface area contributed by atoms with Crippen molar-refractivity contribution in [2.75, 3.05) is 37.5 Å². The predicted molar refractivity (Wildman–Crippen MR) is 148 cm³/mol. The second kappa shape index (κ2) is 10.1. The zero-order valence-electron chi connectivity index (χ0n) is 22.9. The van der Waals surface area contributed by atoms with Gasteiger partial charge in [-0.05, 0) is 43.4 Å². The van der Waals surface area contributed by atoms with Gasteiger partial charge in [-0.3, -0.25) is 14.2 Å². The van der Waals surface area contributed by atoms with Crippen molar-refractivity contribution in [3.63, 3.8) is 0 Å². The third kappa shape index (κ3) is 4.75. The minimum absolute atomic E-state index is 0.143. The summed E-state index contributed by atoms with van der Waals surface area (Å²) in [5, 5.41) is 9.49. The number of hydrogen-bond acceptors (Lipinski definition) is 7. The highest BCUT2D eigenvalue weighted by molar-refractivity contribution is 7.90. The molecule has 39 heavy (non-hydrogen) atoms. The molecule has 1 fully saturated rings. The summed E-state index contributed by atoms with van der Waals surface area (Å²) < 4.78 is 35.6. The highest BCUT2D eigenvalue weighted by atomic mass is 32.2. The Kier molecular flexibility index (Phi) is 6.74. The maximum absolute atomic E-state index is 13.0. The summed E-state index contributed by atoms with van der Waals surface area (Å²) in [5.41, 5.74) is 5.72. The topological polar surface area (TPSA) is 103 Å². The maximum atomic E-state index is 13.0. The van der Waals surface area contributed by atoms with Crippen molar-refractivity contribution in [3.05, 3.63) is 41.3 Å². The number of nitrogens with zero attached hydrogens (tertiary/aromatic N) is 6. The zero-order valence-corrected chi connectivity index (χ0v) is 23.7. The number of benzene rings is 1. The molecule has 5 heterocycles. The van der Waals surface area contributed by atoms with Crippen LogP contribution < -0.4 is 4.90 Å². The molecule has 0 spiro atoms. The van der Waals surface area contributed by atoms with Gasteiger partial charge in [-0.2, -0.15) is 10.2 Å². The number of ether oxygens (including phenoxy) is 1. The molecule has 3 aliphatic heterocycles. The van der Waals surface area contributed by atoms with Crippen molar-refractivity contribution in [1.29, 1.82) is 0 Å². The molecule has 0 unspecified atom stereocenters. The summed E-state index contributed by atoms with van der Waals surface area (Å²) >= 11 is 0. The van der Waals surface area contributed by atoms with Crippen LogP contribution in [-0.4, -0.2) is 71.3 Å². The smallest absolute Gasteiger partial charge is 0.222 e. The van der Waals surface area contributed by atoms with Crippen molar-refractivity contribution >= 4 is 27.2 Å². The van der Waals surface area contributed by atoms with Crippen molar-refractivity contribution < 1.29 is 17.9 Å². The van der Waals surface area contributed by atoms with E-state index in [2.05, 4.69) is 14.7 Å². The molecule has 1 aromatic carbocycles. The molecule has 6 rings (SSSR count). The van der Waals surface area contributed by atoms with E-state index in [9.17, 15) is 13.2 Å². The molecular formula is C28H36N6O4S. The molecule has 3 aliphatic rings. The number of carbonyl (C=O) groups is 1. The van der Waals surface area contributed by atoms with Crippen LogP contribution in [0.5, 0.6) is 0 Å². The van der Waals surface area contributed by atoms with Gasteiger partial charge >= 0.3 is 0 Å². The Balaban J connectivity index is 1.49. The van der Waals surface area contributed by atoms with Crippen molar-refractivity contribution in [2.24, 2.45) is 7.05 Å². The Morgan fingerprint density at radius 2 is 1.95 bits per heavy atom. The quantitative estimate of drug-likeness (QED) is 0.478. The molecule has 0 N–H and O–H groups in total. The van der Waals surface area contributed by atoms with Crippen LogP contribution in [0.4, 0.5) is 11.5 Å². The maximum Gasteiger partial charge on any atom is 0.222 e. The van der Waals surface area contributed by atoms with Gasteiger partial charge in [0.05, 0.1) is 23.7 Å². The fourth-order valence-corrected chi connectivity index (χ4v) is 7.14. The number of aryl methyl sites for hydroxylation is 2. The molecule has 2 aromatic heterocycles. The Morgan fingerprint density at radius 3 is 2.64 bits per heavy atom. The molecule has 0 radical (unpaired) electrons. The Morgan fingerprint density at radius 1 is 1.15 bits per heavy atom. The first-order valence-corrected chi connectivity index (χ1v) is 15.7. The van der Waals surface area contributed by atoms with Crippen molar-refractivity contribution in [2.45, 2.75) is 62.9 Å². The summed E-state index contributed by atoms with van der Waals surface area (Å²) in [6, 6.07) is 4.10. The van der Waals surface area contributed by atoms with E-state index in [0.717, 1.165) is 80.1 Å². The minimum Gasteiger partial charge on any atom is -0.381 e. The van der Waals surface area contributed by atoms with Crippen LogP contribution in [0.1, 0.15) is 55.5 Å². The summed E-state index contributed by atoms with van der Waals surface area (Å²) in [7, 11) is -1.69. The van der Waals surface area contributed by atoms with Crippen LogP contribution in [0.3, 0.4) is 0 Å². The number of aromatic nitrogens is 4. The molecular weight excluding hydrogens is 516 g/mol. The van der Waals surface area contributed by atoms with Crippen LogP contribution in [0.15, 0.2) is 29.4 Å². The zero-order chi connectivity index (χ0) is 27.3. The van der Waals surface area contributed by atoms with Crippen LogP contribution in [0.25, 0.3) is 11.1 Å². The predicted octanol–water partition coefficient (Wildman–Crippen LogP) is 3.42. The normalized spacial score (nSPS) is 18.2. The van der Waals surface area contributed by atoms with E-state index >= 15 is 0 Å². The third-order valence-corrected chi connectivity index (χ3v) is 9.36. The fourth-order valence-electron chi connectivity index (χ4n) is 6.24. The SMILES string of the molecule is CCC(=O)N1CCc2c(c(N3CCCc4cc(-c5cnn(C)c5)c(S(C)(=O)=O)cc43)nn2C2CCOCC2)C1. The second-order valence-corrected chi connectivity index (χ2v) is 12.8. The third-order valence-electron chi connectivity index (χ3n) is 8.23. The molecule has 3 aromatic rings. The summed E-state index contributed by atoms with van der Waals surface area (Å²) in [4.78, 5) is 17.1. The van der Waals surface area contributed by atoms with E-state index in [1.54, 1.807) is 10.9 Å². The van der Waals surface area contributed by atoms with Gasteiger partial charge in [0.25, 0.3) is 0 Å². The average molecular weight is 553 g/mol. The van der Waals surface area contributed by atoms with Crippen molar-refractivity contribution in [1.82, 2.24) is 24.5 Å². The van der Waals surface area contributed by atoms with Gasteiger partial charge in [-0.25, -0.2) is 8.42 Å². The van der Waals surface area contributed by atoms with Crippen LogP contribution in [0.2, 0.25) is 0 Å². The number of carbonyl (C=O) groups excluding carboxylic acids is 1. The van der Waals surface area contributed by atoms with E-state index in [-0.39, 0.29) is 11.9 Å². The van der Waals surface area contributed by atoms with E-state index in [0.29, 0.717) is 30.0 Å². The van der Waals surface area contributed by atoms with E-state index in [4.69, 9.17) is 9.84 Å². The fraction of sp³-hybridized carbons (Fsp3) is 0.536. The second-order valence-electron chi connectivity index (χ2n) is 10.9. The Labute approximate surface area is 229 Å².